The molecule has 0 fully saturated rings. The van der Waals surface area contributed by atoms with Crippen molar-refractivity contribution >= 4 is 0 Å². The average molecular weight is 210 g/mol. The lowest BCUT2D eigenvalue weighted by molar-refractivity contribution is 0.233. The molecule has 0 amide bonds. The van der Waals surface area contributed by atoms with E-state index in [-0.39, 0.29) is 18.1 Å². The molecule has 1 atom stereocenters. The van der Waals surface area contributed by atoms with Crippen LogP contribution in [0.5, 0.6) is 0 Å². The van der Waals surface area contributed by atoms with E-state index in [0.29, 0.717) is 6.54 Å². The highest BCUT2D eigenvalue weighted by Crippen LogP contribution is 1.88. The Morgan fingerprint density at radius 1 is 1.53 bits per heavy atom. The molecule has 84 valence electrons. The van der Waals surface area contributed by atoms with Crippen molar-refractivity contribution in [2.24, 2.45) is 5.92 Å². The molecule has 1 unspecified atom stereocenters. The largest absolute Gasteiger partial charge is 0.396 e. The van der Waals surface area contributed by atoms with E-state index in [1.54, 1.807) is 22.9 Å². The molecule has 0 aliphatic carbocycles. The van der Waals surface area contributed by atoms with Gasteiger partial charge < -0.3 is 15.0 Å². The van der Waals surface area contributed by atoms with Gasteiger partial charge in [0.2, 0.25) is 0 Å². The molecule has 15 heavy (non-hydrogen) atoms. The SMILES string of the molecule is CC(CO)CNCCn1ccccc1=O. The molecule has 0 saturated heterocycles. The number of aliphatic hydroxyl groups excluding tert-OH is 1. The van der Waals surface area contributed by atoms with Crippen molar-refractivity contribution in [1.29, 1.82) is 0 Å². The van der Waals surface area contributed by atoms with Crippen molar-refractivity contribution in [3.05, 3.63) is 34.7 Å². The molecular weight excluding hydrogens is 192 g/mol. The van der Waals surface area contributed by atoms with Gasteiger partial charge in [0.15, 0.2) is 0 Å². The second-order valence-electron chi connectivity index (χ2n) is 3.72. The lowest BCUT2D eigenvalue weighted by Gasteiger charge is -2.10. The third-order valence-electron chi connectivity index (χ3n) is 2.23. The standard InChI is InChI=1S/C11H18N2O2/c1-10(9-14)8-12-5-7-13-6-3-2-4-11(13)15/h2-4,6,10,12,14H,5,7-9H2,1H3. The maximum absolute atomic E-state index is 11.3. The molecule has 4 nitrogen and oxygen atoms in total. The fraction of sp³-hybridized carbons (Fsp3) is 0.545. The van der Waals surface area contributed by atoms with E-state index >= 15 is 0 Å². The number of nitrogens with one attached hydrogen (secondary N) is 1. The van der Waals surface area contributed by atoms with E-state index in [4.69, 9.17) is 5.11 Å². The van der Waals surface area contributed by atoms with Crippen LogP contribution in [0.25, 0.3) is 0 Å². The topological polar surface area (TPSA) is 54.3 Å². The van der Waals surface area contributed by atoms with Gasteiger partial charge in [-0.25, -0.2) is 0 Å². The van der Waals surface area contributed by atoms with Gasteiger partial charge >= 0.3 is 0 Å². The van der Waals surface area contributed by atoms with Crippen LogP contribution in [0, 0.1) is 5.92 Å². The Labute approximate surface area is 89.6 Å². The fourth-order valence-corrected chi connectivity index (χ4v) is 1.26. The molecule has 1 aromatic heterocycles. The van der Waals surface area contributed by atoms with Crippen LogP contribution in [0.1, 0.15) is 6.92 Å². The van der Waals surface area contributed by atoms with Crippen molar-refractivity contribution < 1.29 is 5.11 Å². The number of hydrogen-bond donors (Lipinski definition) is 2. The normalized spacial score (nSPS) is 12.7. The Bertz CT molecular complexity index is 335. The Morgan fingerprint density at radius 3 is 3.00 bits per heavy atom. The fourth-order valence-electron chi connectivity index (χ4n) is 1.26. The minimum Gasteiger partial charge on any atom is -0.396 e. The number of aliphatic hydroxyl groups is 1. The van der Waals surface area contributed by atoms with Crippen LogP contribution in [-0.4, -0.2) is 29.4 Å². The first kappa shape index (κ1) is 11.9. The van der Waals surface area contributed by atoms with Crippen LogP contribution >= 0.6 is 0 Å². The van der Waals surface area contributed by atoms with E-state index in [0.717, 1.165) is 13.1 Å². The molecule has 0 saturated carbocycles. The van der Waals surface area contributed by atoms with Crippen LogP contribution in [0.4, 0.5) is 0 Å². The molecule has 0 aliphatic rings. The number of hydrogen-bond acceptors (Lipinski definition) is 3. The second-order valence-corrected chi connectivity index (χ2v) is 3.72. The van der Waals surface area contributed by atoms with E-state index in [9.17, 15) is 4.79 Å². The van der Waals surface area contributed by atoms with Crippen LogP contribution in [0.15, 0.2) is 29.2 Å². The highest BCUT2D eigenvalue weighted by molar-refractivity contribution is 4.93. The molecular formula is C11H18N2O2. The van der Waals surface area contributed by atoms with Gasteiger partial charge in [-0.05, 0) is 18.5 Å². The zero-order valence-corrected chi connectivity index (χ0v) is 9.02. The summed E-state index contributed by atoms with van der Waals surface area (Å²) < 4.78 is 1.66. The molecule has 1 aromatic rings. The minimum absolute atomic E-state index is 0.0227. The molecule has 0 radical (unpaired) electrons. The van der Waals surface area contributed by atoms with Gasteiger partial charge in [0.1, 0.15) is 0 Å². The summed E-state index contributed by atoms with van der Waals surface area (Å²) in [6.07, 6.45) is 1.78. The highest BCUT2D eigenvalue weighted by Gasteiger charge is 1.98. The monoisotopic (exact) mass is 210 g/mol. The zero-order chi connectivity index (χ0) is 11.1. The summed E-state index contributed by atoms with van der Waals surface area (Å²) in [7, 11) is 0. The molecule has 0 aliphatic heterocycles. The van der Waals surface area contributed by atoms with E-state index in [1.165, 1.54) is 0 Å². The molecule has 4 heteroatoms. The Kier molecular flexibility index (Phi) is 5.07. The van der Waals surface area contributed by atoms with Gasteiger partial charge in [-0.1, -0.05) is 13.0 Å². The first-order chi connectivity index (χ1) is 7.24. The van der Waals surface area contributed by atoms with Crippen molar-refractivity contribution in [2.45, 2.75) is 13.5 Å². The van der Waals surface area contributed by atoms with Crippen LogP contribution in [-0.2, 0) is 6.54 Å². The number of aromatic nitrogens is 1. The van der Waals surface area contributed by atoms with E-state index < -0.39 is 0 Å². The lowest BCUT2D eigenvalue weighted by Crippen LogP contribution is -2.29. The van der Waals surface area contributed by atoms with Crippen LogP contribution < -0.4 is 10.9 Å². The van der Waals surface area contributed by atoms with Gasteiger partial charge in [0.05, 0.1) is 0 Å². The first-order valence-electron chi connectivity index (χ1n) is 5.21. The van der Waals surface area contributed by atoms with Gasteiger partial charge in [0.25, 0.3) is 5.56 Å². The molecule has 1 heterocycles. The lowest BCUT2D eigenvalue weighted by atomic mass is 10.2. The molecule has 0 aromatic carbocycles. The maximum atomic E-state index is 11.3. The van der Waals surface area contributed by atoms with Crippen LogP contribution in [0.3, 0.4) is 0 Å². The molecule has 2 N–H and O–H groups in total. The molecule has 1 rings (SSSR count). The maximum Gasteiger partial charge on any atom is 0.250 e. The molecule has 0 spiro atoms. The minimum atomic E-state index is 0.0227. The predicted molar refractivity (Wildman–Crippen MR) is 59.8 cm³/mol. The van der Waals surface area contributed by atoms with Crippen LogP contribution in [0.2, 0.25) is 0 Å². The number of nitrogens with zero attached hydrogens (tertiary/aromatic N) is 1. The Morgan fingerprint density at radius 2 is 2.33 bits per heavy atom. The molecule has 0 bridgehead atoms. The van der Waals surface area contributed by atoms with Crippen molar-refractivity contribution in [3.63, 3.8) is 0 Å². The summed E-state index contributed by atoms with van der Waals surface area (Å²) >= 11 is 0. The van der Waals surface area contributed by atoms with Crippen molar-refractivity contribution in [3.8, 4) is 0 Å². The summed E-state index contributed by atoms with van der Waals surface area (Å²) in [4.78, 5) is 11.3. The highest BCUT2D eigenvalue weighted by atomic mass is 16.3. The zero-order valence-electron chi connectivity index (χ0n) is 9.02. The summed E-state index contributed by atoms with van der Waals surface area (Å²) in [6, 6.07) is 5.13. The number of pyridine rings is 1. The predicted octanol–water partition coefficient (Wildman–Crippen LogP) is 0.0663. The summed E-state index contributed by atoms with van der Waals surface area (Å²) in [5.74, 6) is 0.262. The van der Waals surface area contributed by atoms with Crippen molar-refractivity contribution in [2.75, 3.05) is 19.7 Å². The third kappa shape index (κ3) is 4.27. The Hall–Kier alpha value is -1.13. The third-order valence-corrected chi connectivity index (χ3v) is 2.23. The van der Waals surface area contributed by atoms with Gasteiger partial charge in [0, 0.05) is 32.0 Å². The van der Waals surface area contributed by atoms with Gasteiger partial charge in [-0.3, -0.25) is 4.79 Å². The quantitative estimate of drug-likeness (QED) is 0.653. The summed E-state index contributed by atoms with van der Waals surface area (Å²) in [5, 5.41) is 12.0. The summed E-state index contributed by atoms with van der Waals surface area (Å²) in [5.41, 5.74) is 0.0227. The first-order valence-corrected chi connectivity index (χ1v) is 5.21. The second kappa shape index (κ2) is 6.37. The van der Waals surface area contributed by atoms with Gasteiger partial charge in [-0.15, -0.1) is 0 Å². The number of rotatable bonds is 6. The summed E-state index contributed by atoms with van der Waals surface area (Å²) in [6.45, 7) is 4.35. The van der Waals surface area contributed by atoms with E-state index in [1.807, 2.05) is 13.0 Å². The van der Waals surface area contributed by atoms with Gasteiger partial charge in [-0.2, -0.15) is 0 Å². The van der Waals surface area contributed by atoms with Crippen molar-refractivity contribution in [1.82, 2.24) is 9.88 Å². The van der Waals surface area contributed by atoms with E-state index in [2.05, 4.69) is 5.32 Å². The average Bonchev–Trinajstić information content (AvgIpc) is 2.26. The Balaban J connectivity index is 2.26. The smallest absolute Gasteiger partial charge is 0.250 e.